The third-order valence-electron chi connectivity index (χ3n) is 16.0. The third kappa shape index (κ3) is 2.79. The van der Waals surface area contributed by atoms with Gasteiger partial charge in [0.05, 0.1) is 31.5 Å². The first kappa shape index (κ1) is 28.0. The standard InChI is InChI=1S/C34H52O6/c1-28-9-5-20-6-12-32-16-25(39)33(19-36,14-13-28)34(20,18-28)23(32)15-21(37)27-29(2)10-8-24(38)31(4,26(40)17-35)22(29)7-11-30(27,32)3/h15,20,22,24-27,35-36,38-40H,5-14,16-19H2,1-4H3/t20-,22+,24+,25+,26-,27-,28-,29+,30-,31+,32-,33+,34+/m1/s1. The number of carbonyl (C=O) groups is 1. The van der Waals surface area contributed by atoms with Crippen LogP contribution < -0.4 is 0 Å². The number of rotatable bonds is 3. The van der Waals surface area contributed by atoms with Gasteiger partial charge in [-0.1, -0.05) is 33.3 Å². The summed E-state index contributed by atoms with van der Waals surface area (Å²) in [6, 6.07) is 0. The summed E-state index contributed by atoms with van der Waals surface area (Å²) in [7, 11) is 0. The molecule has 0 aromatic carbocycles. The van der Waals surface area contributed by atoms with Crippen molar-refractivity contribution in [2.45, 2.75) is 123 Å². The highest BCUT2D eigenvalue weighted by Crippen LogP contribution is 2.83. The molecule has 6 saturated carbocycles. The van der Waals surface area contributed by atoms with E-state index in [1.165, 1.54) is 12.0 Å². The summed E-state index contributed by atoms with van der Waals surface area (Å²) in [5.74, 6) is 0.232. The lowest BCUT2D eigenvalue weighted by Crippen LogP contribution is -2.75. The second-order valence-electron chi connectivity index (χ2n) is 16.9. The topological polar surface area (TPSA) is 118 Å². The highest BCUT2D eigenvalue weighted by atomic mass is 16.3. The van der Waals surface area contributed by atoms with E-state index in [-0.39, 0.29) is 45.9 Å². The maximum absolute atomic E-state index is 14.8. The highest BCUT2D eigenvalue weighted by Gasteiger charge is 2.79. The molecule has 0 aromatic heterocycles. The molecule has 0 radical (unpaired) electrons. The van der Waals surface area contributed by atoms with Gasteiger partial charge in [0.25, 0.3) is 0 Å². The molecule has 0 heterocycles. The molecule has 6 heteroatoms. The van der Waals surface area contributed by atoms with Crippen molar-refractivity contribution in [3.63, 3.8) is 0 Å². The van der Waals surface area contributed by atoms with E-state index in [1.807, 2.05) is 13.0 Å². The molecule has 0 amide bonds. The Morgan fingerprint density at radius 3 is 2.33 bits per heavy atom. The number of hydrogen-bond acceptors (Lipinski definition) is 6. The zero-order chi connectivity index (χ0) is 28.7. The molecule has 0 saturated heterocycles. The Kier molecular flexibility index (Phi) is 5.76. The van der Waals surface area contributed by atoms with E-state index in [9.17, 15) is 30.3 Å². The van der Waals surface area contributed by atoms with Crippen LogP contribution in [0, 0.1) is 55.7 Å². The predicted molar refractivity (Wildman–Crippen MR) is 151 cm³/mol. The quantitative estimate of drug-likeness (QED) is 0.356. The minimum Gasteiger partial charge on any atom is -0.396 e. The van der Waals surface area contributed by atoms with Gasteiger partial charge in [-0.25, -0.2) is 0 Å². The first-order chi connectivity index (χ1) is 18.7. The van der Waals surface area contributed by atoms with Crippen LogP contribution in [0.15, 0.2) is 11.6 Å². The first-order valence-electron chi connectivity index (χ1n) is 16.3. The number of aliphatic hydroxyl groups excluding tert-OH is 5. The molecule has 7 aliphatic carbocycles. The normalized spacial score (nSPS) is 59.2. The van der Waals surface area contributed by atoms with E-state index in [0.29, 0.717) is 25.2 Å². The Bertz CT molecular complexity index is 1150. The molecule has 0 aliphatic heterocycles. The summed E-state index contributed by atoms with van der Waals surface area (Å²) in [5.41, 5.74) is -1.36. The van der Waals surface area contributed by atoms with Crippen LogP contribution >= 0.6 is 0 Å². The molecular weight excluding hydrogens is 504 g/mol. The van der Waals surface area contributed by atoms with Crippen LogP contribution in [-0.2, 0) is 4.79 Å². The van der Waals surface area contributed by atoms with Crippen molar-refractivity contribution in [3.8, 4) is 0 Å². The smallest absolute Gasteiger partial charge is 0.159 e. The van der Waals surface area contributed by atoms with Crippen LogP contribution in [0.3, 0.4) is 0 Å². The predicted octanol–water partition coefficient (Wildman–Crippen LogP) is 4.16. The zero-order valence-corrected chi connectivity index (χ0v) is 25.1. The molecule has 40 heavy (non-hydrogen) atoms. The lowest BCUT2D eigenvalue weighted by molar-refractivity contribution is -0.277. The molecule has 7 aliphatic rings. The summed E-state index contributed by atoms with van der Waals surface area (Å²) in [6.07, 6.45) is 10.3. The molecule has 6 fully saturated rings. The minimum absolute atomic E-state index is 0.0163. The molecule has 6 nitrogen and oxygen atoms in total. The second kappa shape index (κ2) is 8.22. The molecule has 0 aromatic rings. The number of allylic oxidation sites excluding steroid dienone is 2. The van der Waals surface area contributed by atoms with Crippen molar-refractivity contribution in [1.29, 1.82) is 0 Å². The SMILES string of the molecule is C[C@@]12CC[C@@H]3CC[C@@]45C[C@H](O)[C@@](CO)(CC1)[C@]3(C2)C4=CC(=O)[C@@H]1[C@@]2(C)CC[C@H](O)[C@@](C)([C@H](O)CO)[C@H]2CC[C@]15C. The molecule has 0 unspecified atom stereocenters. The lowest BCUT2D eigenvalue weighted by Gasteiger charge is -2.79. The van der Waals surface area contributed by atoms with E-state index in [4.69, 9.17) is 0 Å². The van der Waals surface area contributed by atoms with Gasteiger partial charge < -0.3 is 25.5 Å². The van der Waals surface area contributed by atoms with Crippen molar-refractivity contribution >= 4 is 5.78 Å². The fraction of sp³-hybridized carbons (Fsp3) is 0.912. The monoisotopic (exact) mass is 556 g/mol. The largest absolute Gasteiger partial charge is 0.396 e. The molecule has 7 rings (SSSR count). The Balaban J connectivity index is 1.43. The van der Waals surface area contributed by atoms with Gasteiger partial charge in [-0.3, -0.25) is 4.79 Å². The fourth-order valence-electron chi connectivity index (χ4n) is 14.0. The van der Waals surface area contributed by atoms with Crippen LogP contribution in [0.1, 0.15) is 105 Å². The van der Waals surface area contributed by atoms with Crippen molar-refractivity contribution in [2.75, 3.05) is 13.2 Å². The van der Waals surface area contributed by atoms with Crippen LogP contribution in [0.5, 0.6) is 0 Å². The molecule has 3 bridgehead atoms. The van der Waals surface area contributed by atoms with E-state index < -0.39 is 41.2 Å². The lowest BCUT2D eigenvalue weighted by atomic mass is 9.25. The fourth-order valence-corrected chi connectivity index (χ4v) is 14.0. The Morgan fingerprint density at radius 2 is 1.62 bits per heavy atom. The van der Waals surface area contributed by atoms with Gasteiger partial charge in [-0.05, 0) is 111 Å². The van der Waals surface area contributed by atoms with Crippen LogP contribution in [0.2, 0.25) is 0 Å². The average molecular weight is 557 g/mol. The zero-order valence-electron chi connectivity index (χ0n) is 25.1. The Hall–Kier alpha value is -0.790. The van der Waals surface area contributed by atoms with Crippen LogP contribution in [-0.4, -0.2) is 62.8 Å². The third-order valence-corrected chi connectivity index (χ3v) is 16.0. The van der Waals surface area contributed by atoms with Crippen molar-refractivity contribution in [2.24, 2.45) is 55.7 Å². The number of fused-ring (bicyclic) bond motifs is 4. The van der Waals surface area contributed by atoms with E-state index in [2.05, 4.69) is 20.8 Å². The van der Waals surface area contributed by atoms with Gasteiger partial charge >= 0.3 is 0 Å². The summed E-state index contributed by atoms with van der Waals surface area (Å²) < 4.78 is 0. The Labute approximate surface area is 239 Å². The molecule has 224 valence electrons. The van der Waals surface area contributed by atoms with Crippen molar-refractivity contribution in [3.05, 3.63) is 11.6 Å². The molecule has 5 N–H and O–H groups in total. The van der Waals surface area contributed by atoms with Gasteiger partial charge in [-0.15, -0.1) is 0 Å². The van der Waals surface area contributed by atoms with Gasteiger partial charge in [-0.2, -0.15) is 0 Å². The summed E-state index contributed by atoms with van der Waals surface area (Å²) >= 11 is 0. The highest BCUT2D eigenvalue weighted by molar-refractivity contribution is 5.96. The van der Waals surface area contributed by atoms with Crippen molar-refractivity contribution < 1.29 is 30.3 Å². The van der Waals surface area contributed by atoms with E-state index in [0.717, 1.165) is 51.4 Å². The maximum atomic E-state index is 14.8. The summed E-state index contributed by atoms with van der Waals surface area (Å²) in [6.45, 7) is 8.47. The Morgan fingerprint density at radius 1 is 0.900 bits per heavy atom. The number of aliphatic hydroxyl groups is 5. The minimum atomic E-state index is -1.04. The van der Waals surface area contributed by atoms with Crippen molar-refractivity contribution in [1.82, 2.24) is 0 Å². The van der Waals surface area contributed by atoms with E-state index in [1.54, 1.807) is 0 Å². The number of carbonyl (C=O) groups excluding carboxylic acids is 1. The molecule has 13 atom stereocenters. The van der Waals surface area contributed by atoms with Gasteiger partial charge in [0.1, 0.15) is 0 Å². The van der Waals surface area contributed by atoms with Gasteiger partial charge in [0, 0.05) is 27.6 Å². The summed E-state index contributed by atoms with van der Waals surface area (Å²) in [5, 5.41) is 55.7. The first-order valence-corrected chi connectivity index (χ1v) is 16.3. The van der Waals surface area contributed by atoms with Gasteiger partial charge in [0.15, 0.2) is 5.78 Å². The van der Waals surface area contributed by atoms with Crippen LogP contribution in [0.25, 0.3) is 0 Å². The maximum Gasteiger partial charge on any atom is 0.159 e. The van der Waals surface area contributed by atoms with Crippen LogP contribution in [0.4, 0.5) is 0 Å². The average Bonchev–Trinajstić information content (AvgIpc) is 2.90. The molecular formula is C34H52O6. The summed E-state index contributed by atoms with van der Waals surface area (Å²) in [4.78, 5) is 14.8. The second-order valence-corrected chi connectivity index (χ2v) is 16.9. The van der Waals surface area contributed by atoms with Gasteiger partial charge in [0.2, 0.25) is 0 Å². The van der Waals surface area contributed by atoms with E-state index >= 15 is 0 Å². The molecule has 1 spiro atoms. The number of ketones is 1. The number of hydrogen-bond donors (Lipinski definition) is 5.